The minimum Gasteiger partial charge on any atom is -0.455 e. The van der Waals surface area contributed by atoms with Gasteiger partial charge in [-0.3, -0.25) is 0 Å². The minimum absolute atomic E-state index is 0.675. The monoisotopic (exact) mass is 613 g/mol. The first kappa shape index (κ1) is 25.6. The van der Waals surface area contributed by atoms with Gasteiger partial charge in [-0.15, -0.1) is 4.68 Å². The Hall–Kier alpha value is -6.59. The smallest absolute Gasteiger partial charge is 0.308 e. The Morgan fingerprint density at radius 3 is 1.98 bits per heavy atom. The molecule has 3 heterocycles. The van der Waals surface area contributed by atoms with Crippen molar-refractivity contribution in [3.05, 3.63) is 152 Å². The maximum atomic E-state index is 6.93. The first-order valence-corrected chi connectivity index (χ1v) is 16.2. The molecule has 5 nitrogen and oxygen atoms in total. The predicted molar refractivity (Wildman–Crippen MR) is 193 cm³/mol. The molecule has 0 bridgehead atoms. The fourth-order valence-electron chi connectivity index (χ4n) is 7.87. The molecule has 0 N–H and O–H groups in total. The average molecular weight is 614 g/mol. The zero-order valence-electron chi connectivity index (χ0n) is 25.6. The third kappa shape index (κ3) is 3.37. The van der Waals surface area contributed by atoms with Crippen LogP contribution in [-0.2, 0) is 0 Å². The van der Waals surface area contributed by atoms with E-state index in [1.807, 2.05) is 42.7 Å². The molecule has 1 aliphatic rings. The lowest BCUT2D eigenvalue weighted by Gasteiger charge is -2.12. The van der Waals surface area contributed by atoms with E-state index in [9.17, 15) is 0 Å². The van der Waals surface area contributed by atoms with Crippen LogP contribution in [0.1, 0.15) is 0 Å². The zero-order valence-corrected chi connectivity index (χ0v) is 25.6. The van der Waals surface area contributed by atoms with E-state index in [0.717, 1.165) is 66.3 Å². The second-order valence-electron chi connectivity index (χ2n) is 12.4. The predicted octanol–water partition coefficient (Wildman–Crippen LogP) is 10.2. The second kappa shape index (κ2) is 9.47. The molecule has 0 atom stereocenters. The van der Waals surface area contributed by atoms with Crippen molar-refractivity contribution in [3.8, 4) is 45.0 Å². The number of aromatic nitrogens is 4. The molecule has 11 rings (SSSR count). The van der Waals surface area contributed by atoms with Crippen molar-refractivity contribution in [2.75, 3.05) is 0 Å². The largest absolute Gasteiger partial charge is 0.455 e. The van der Waals surface area contributed by atoms with Crippen molar-refractivity contribution in [1.29, 1.82) is 0 Å². The fourth-order valence-corrected chi connectivity index (χ4v) is 7.87. The van der Waals surface area contributed by atoms with Crippen LogP contribution in [0, 0.1) is 0 Å². The van der Waals surface area contributed by atoms with Gasteiger partial charge in [-0.05, 0) is 75.5 Å². The maximum Gasteiger partial charge on any atom is 0.308 e. The van der Waals surface area contributed by atoms with Crippen LogP contribution < -0.4 is 4.68 Å². The Kier molecular flexibility index (Phi) is 5.05. The summed E-state index contributed by atoms with van der Waals surface area (Å²) in [5.74, 6) is 1.46. The van der Waals surface area contributed by atoms with Gasteiger partial charge in [-0.1, -0.05) is 113 Å². The molecule has 0 fully saturated rings. The van der Waals surface area contributed by atoms with Gasteiger partial charge in [0, 0.05) is 16.2 Å². The summed E-state index contributed by atoms with van der Waals surface area (Å²) in [6.07, 6.45) is 1.90. The summed E-state index contributed by atoms with van der Waals surface area (Å²) in [7, 11) is 0. The Balaban J connectivity index is 1.33. The number of furan rings is 1. The quantitative estimate of drug-likeness (QED) is 0.186. The van der Waals surface area contributed by atoms with E-state index in [4.69, 9.17) is 14.4 Å². The Labute approximate surface area is 274 Å². The van der Waals surface area contributed by atoms with Crippen LogP contribution >= 0.6 is 0 Å². The topological polar surface area (TPSA) is 47.7 Å². The molecule has 0 aliphatic heterocycles. The SMILES string of the molecule is c1ccc(-c2nc[n+](-n3c4ccccc4c4c5oc6cccc7c6c5c(cc43)-c3cccc4cccc-7c34)c(-c3ccccc3)n2)cc1. The molecule has 0 amide bonds. The lowest BCUT2D eigenvalue weighted by atomic mass is 9.93. The van der Waals surface area contributed by atoms with Gasteiger partial charge in [-0.25, -0.2) is 0 Å². The van der Waals surface area contributed by atoms with Gasteiger partial charge in [0.25, 0.3) is 12.2 Å². The molecule has 0 saturated heterocycles. The summed E-state index contributed by atoms with van der Waals surface area (Å²) < 4.78 is 11.3. The van der Waals surface area contributed by atoms with Crippen LogP contribution in [0.4, 0.5) is 0 Å². The highest BCUT2D eigenvalue weighted by Crippen LogP contribution is 2.51. The van der Waals surface area contributed by atoms with Crippen molar-refractivity contribution >= 4 is 54.5 Å². The van der Waals surface area contributed by atoms with Crippen molar-refractivity contribution in [2.24, 2.45) is 0 Å². The van der Waals surface area contributed by atoms with Crippen LogP contribution in [0.3, 0.4) is 0 Å². The number of para-hydroxylation sites is 1. The van der Waals surface area contributed by atoms with Crippen LogP contribution in [0.15, 0.2) is 156 Å². The first-order valence-electron chi connectivity index (χ1n) is 16.2. The van der Waals surface area contributed by atoms with Crippen LogP contribution in [0.25, 0.3) is 99.5 Å². The highest BCUT2D eigenvalue weighted by Gasteiger charge is 2.29. The number of fused-ring (bicyclic) bond motifs is 6. The molecule has 0 spiro atoms. The zero-order chi connectivity index (χ0) is 31.3. The molecule has 0 unspecified atom stereocenters. The summed E-state index contributed by atoms with van der Waals surface area (Å²) in [4.78, 5) is 10.2. The Morgan fingerprint density at radius 2 is 1.19 bits per heavy atom. The van der Waals surface area contributed by atoms with E-state index in [1.54, 1.807) is 0 Å². The third-order valence-electron chi connectivity index (χ3n) is 9.86. The summed E-state index contributed by atoms with van der Waals surface area (Å²) in [6, 6.07) is 51.1. The number of hydrogen-bond acceptors (Lipinski definition) is 3. The van der Waals surface area contributed by atoms with E-state index in [-0.39, 0.29) is 0 Å². The number of benzene rings is 7. The van der Waals surface area contributed by atoms with Crippen LogP contribution in [0.5, 0.6) is 0 Å². The molecule has 7 aromatic carbocycles. The molecule has 10 aromatic rings. The van der Waals surface area contributed by atoms with E-state index >= 15 is 0 Å². The lowest BCUT2D eigenvalue weighted by molar-refractivity contribution is -0.715. The molecule has 0 radical (unpaired) electrons. The van der Waals surface area contributed by atoms with Gasteiger partial charge >= 0.3 is 5.82 Å². The summed E-state index contributed by atoms with van der Waals surface area (Å²) in [5.41, 5.74) is 10.6. The standard InChI is InChI=1S/C43H25N4O/c1-3-12-27(13-4-1)42-44-25-46(43(45-42)28-14-5-2-6-15-28)47-34-22-8-7-18-32(34)38-35(47)24-33-31-20-10-17-26-16-9-19-29(37(26)31)30-21-11-23-36-39(30)40(33)41(38)48-36/h1-25H/q+1. The molecule has 1 aliphatic carbocycles. The molecule has 0 saturated carbocycles. The Bertz CT molecular complexity index is 2930. The summed E-state index contributed by atoms with van der Waals surface area (Å²) >= 11 is 0. The molecule has 222 valence electrons. The molecule has 5 heteroatoms. The minimum atomic E-state index is 0.675. The second-order valence-corrected chi connectivity index (χ2v) is 12.4. The molecule has 3 aromatic heterocycles. The van der Waals surface area contributed by atoms with Crippen LogP contribution in [-0.4, -0.2) is 14.6 Å². The maximum absolute atomic E-state index is 6.93. The number of hydrogen-bond donors (Lipinski definition) is 0. The summed E-state index contributed by atoms with van der Waals surface area (Å²) in [5, 5.41) is 6.99. The van der Waals surface area contributed by atoms with Crippen molar-refractivity contribution in [2.45, 2.75) is 0 Å². The van der Waals surface area contributed by atoms with Crippen molar-refractivity contribution < 1.29 is 9.09 Å². The Morgan fingerprint density at radius 1 is 0.521 bits per heavy atom. The van der Waals surface area contributed by atoms with Crippen molar-refractivity contribution in [1.82, 2.24) is 14.6 Å². The molecular formula is C43H25N4O+. The van der Waals surface area contributed by atoms with E-state index in [1.165, 1.54) is 27.5 Å². The molecular weight excluding hydrogens is 589 g/mol. The number of rotatable bonds is 3. The van der Waals surface area contributed by atoms with E-state index < -0.39 is 0 Å². The van der Waals surface area contributed by atoms with Gasteiger partial charge < -0.3 is 4.42 Å². The van der Waals surface area contributed by atoms with Gasteiger partial charge in [0.2, 0.25) is 0 Å². The van der Waals surface area contributed by atoms with Crippen molar-refractivity contribution in [3.63, 3.8) is 0 Å². The van der Waals surface area contributed by atoms with Gasteiger partial charge in [0.1, 0.15) is 11.2 Å². The van der Waals surface area contributed by atoms with Crippen LogP contribution in [0.2, 0.25) is 0 Å². The first-order chi connectivity index (χ1) is 23.8. The van der Waals surface area contributed by atoms with Gasteiger partial charge in [-0.2, -0.15) is 4.68 Å². The highest BCUT2D eigenvalue weighted by molar-refractivity contribution is 6.32. The van der Waals surface area contributed by atoms with Gasteiger partial charge in [0.05, 0.1) is 27.5 Å². The number of nitrogens with zero attached hydrogens (tertiary/aromatic N) is 4. The van der Waals surface area contributed by atoms with E-state index in [0.29, 0.717) is 5.82 Å². The summed E-state index contributed by atoms with van der Waals surface area (Å²) in [6.45, 7) is 0. The fraction of sp³-hybridized carbons (Fsp3) is 0. The normalized spacial score (nSPS) is 12.2. The highest BCUT2D eigenvalue weighted by atomic mass is 16.3. The third-order valence-corrected chi connectivity index (χ3v) is 9.86. The molecule has 48 heavy (non-hydrogen) atoms. The van der Waals surface area contributed by atoms with E-state index in [2.05, 4.69) is 119 Å². The average Bonchev–Trinajstić information content (AvgIpc) is 3.67. The van der Waals surface area contributed by atoms with Gasteiger partial charge in [0.15, 0.2) is 0 Å². The lowest BCUT2D eigenvalue weighted by Crippen LogP contribution is -2.45.